The standard InChI is InChI=1S/C20H29O2P/c1-2-9-16(8-1)23(17-10-3-4-11-17)19-13-6-5-12-18(19)20-21-14-7-15-22-20/h5-6,12-13,16-17,20H,1-4,7-11,14-15H2. The van der Waals surface area contributed by atoms with Crippen LogP contribution < -0.4 is 5.30 Å². The Morgan fingerprint density at radius 3 is 1.91 bits per heavy atom. The van der Waals surface area contributed by atoms with E-state index in [1.807, 2.05) is 0 Å². The van der Waals surface area contributed by atoms with Crippen molar-refractivity contribution in [2.45, 2.75) is 75.4 Å². The molecule has 0 aromatic heterocycles. The summed E-state index contributed by atoms with van der Waals surface area (Å²) >= 11 is 0. The van der Waals surface area contributed by atoms with Gasteiger partial charge >= 0.3 is 0 Å². The first-order chi connectivity index (χ1) is 11.4. The van der Waals surface area contributed by atoms with Crippen molar-refractivity contribution >= 4 is 13.2 Å². The molecule has 3 aliphatic rings. The molecule has 0 amide bonds. The van der Waals surface area contributed by atoms with E-state index in [-0.39, 0.29) is 14.2 Å². The highest BCUT2D eigenvalue weighted by atomic mass is 31.1. The van der Waals surface area contributed by atoms with Crippen LogP contribution in [0, 0.1) is 0 Å². The van der Waals surface area contributed by atoms with Crippen LogP contribution >= 0.6 is 7.92 Å². The minimum Gasteiger partial charge on any atom is -0.348 e. The predicted octanol–water partition coefficient (Wildman–Crippen LogP) is 5.11. The predicted molar refractivity (Wildman–Crippen MR) is 96.8 cm³/mol. The highest BCUT2D eigenvalue weighted by Gasteiger charge is 2.36. The molecule has 0 bridgehead atoms. The molecule has 1 heterocycles. The Balaban J connectivity index is 1.67. The molecular weight excluding hydrogens is 303 g/mol. The number of ether oxygens (including phenoxy) is 2. The van der Waals surface area contributed by atoms with E-state index in [4.69, 9.17) is 9.47 Å². The molecule has 1 aliphatic heterocycles. The minimum absolute atomic E-state index is 0.0636. The molecule has 2 nitrogen and oxygen atoms in total. The van der Waals surface area contributed by atoms with Gasteiger partial charge in [0.2, 0.25) is 0 Å². The topological polar surface area (TPSA) is 18.5 Å². The van der Waals surface area contributed by atoms with Crippen LogP contribution in [0.5, 0.6) is 0 Å². The van der Waals surface area contributed by atoms with Crippen molar-refractivity contribution in [1.82, 2.24) is 0 Å². The monoisotopic (exact) mass is 332 g/mol. The summed E-state index contributed by atoms with van der Waals surface area (Å²) in [5.74, 6) is 0. The molecule has 4 rings (SSSR count). The Morgan fingerprint density at radius 1 is 0.739 bits per heavy atom. The van der Waals surface area contributed by atoms with E-state index in [0.29, 0.717) is 0 Å². The third kappa shape index (κ3) is 3.50. The lowest BCUT2D eigenvalue weighted by molar-refractivity contribution is -0.182. The second kappa shape index (κ2) is 7.64. The first kappa shape index (κ1) is 16.1. The Morgan fingerprint density at radius 2 is 1.30 bits per heavy atom. The van der Waals surface area contributed by atoms with E-state index >= 15 is 0 Å². The lowest BCUT2D eigenvalue weighted by Crippen LogP contribution is -2.27. The van der Waals surface area contributed by atoms with Crippen molar-refractivity contribution in [1.29, 1.82) is 0 Å². The fraction of sp³-hybridized carbons (Fsp3) is 0.700. The Kier molecular flexibility index (Phi) is 5.33. The SMILES string of the molecule is c1ccc(P(C2CCCC2)C2CCCC2)c(C2OCCCO2)c1. The maximum absolute atomic E-state index is 5.97. The van der Waals surface area contributed by atoms with E-state index in [9.17, 15) is 0 Å². The molecule has 1 aromatic rings. The number of hydrogen-bond acceptors (Lipinski definition) is 2. The summed E-state index contributed by atoms with van der Waals surface area (Å²) in [5.41, 5.74) is 3.23. The summed E-state index contributed by atoms with van der Waals surface area (Å²) in [5, 5.41) is 1.60. The molecule has 0 unspecified atom stereocenters. The van der Waals surface area contributed by atoms with Gasteiger partial charge in [-0.05, 0) is 48.7 Å². The Labute approximate surface area is 141 Å². The van der Waals surface area contributed by atoms with Crippen LogP contribution in [0.15, 0.2) is 24.3 Å². The first-order valence-electron chi connectivity index (χ1n) is 9.54. The van der Waals surface area contributed by atoms with Crippen LogP contribution in [0.3, 0.4) is 0 Å². The summed E-state index contributed by atoms with van der Waals surface area (Å²) < 4.78 is 11.9. The van der Waals surface area contributed by atoms with Crippen molar-refractivity contribution in [3.63, 3.8) is 0 Å². The lowest BCUT2D eigenvalue weighted by atomic mass is 10.2. The first-order valence-corrected chi connectivity index (χ1v) is 11.0. The van der Waals surface area contributed by atoms with E-state index in [0.717, 1.165) is 31.0 Å². The molecule has 2 saturated carbocycles. The smallest absolute Gasteiger partial charge is 0.184 e. The van der Waals surface area contributed by atoms with Gasteiger partial charge in [0.25, 0.3) is 0 Å². The van der Waals surface area contributed by atoms with Gasteiger partial charge in [0.1, 0.15) is 0 Å². The van der Waals surface area contributed by atoms with Crippen molar-refractivity contribution < 1.29 is 9.47 Å². The molecule has 0 N–H and O–H groups in total. The van der Waals surface area contributed by atoms with Crippen LogP contribution in [-0.2, 0) is 9.47 Å². The van der Waals surface area contributed by atoms with Crippen LogP contribution in [0.2, 0.25) is 0 Å². The van der Waals surface area contributed by atoms with Gasteiger partial charge in [0.05, 0.1) is 13.2 Å². The second-order valence-corrected chi connectivity index (χ2v) is 10.0. The highest BCUT2D eigenvalue weighted by Crippen LogP contribution is 2.57. The van der Waals surface area contributed by atoms with Gasteiger partial charge < -0.3 is 9.47 Å². The third-order valence-corrected chi connectivity index (χ3v) is 9.30. The van der Waals surface area contributed by atoms with Gasteiger partial charge in [-0.25, -0.2) is 0 Å². The Hall–Kier alpha value is -0.430. The lowest BCUT2D eigenvalue weighted by Gasteiger charge is -2.34. The van der Waals surface area contributed by atoms with Crippen LogP contribution in [0.25, 0.3) is 0 Å². The average molecular weight is 332 g/mol. The quantitative estimate of drug-likeness (QED) is 0.713. The van der Waals surface area contributed by atoms with Gasteiger partial charge in [-0.15, -0.1) is 0 Å². The number of rotatable bonds is 4. The fourth-order valence-corrected chi connectivity index (χ4v) is 8.61. The van der Waals surface area contributed by atoms with Crippen molar-refractivity contribution in [2.75, 3.05) is 13.2 Å². The highest BCUT2D eigenvalue weighted by molar-refractivity contribution is 7.67. The van der Waals surface area contributed by atoms with E-state index in [1.54, 1.807) is 5.30 Å². The van der Waals surface area contributed by atoms with Gasteiger partial charge in [-0.2, -0.15) is 0 Å². The molecule has 3 heteroatoms. The van der Waals surface area contributed by atoms with Gasteiger partial charge in [0, 0.05) is 5.56 Å². The number of benzene rings is 1. The van der Waals surface area contributed by atoms with Crippen LogP contribution in [0.4, 0.5) is 0 Å². The zero-order valence-electron chi connectivity index (χ0n) is 14.1. The zero-order chi connectivity index (χ0) is 15.5. The maximum atomic E-state index is 5.97. The summed E-state index contributed by atoms with van der Waals surface area (Å²) in [6.07, 6.45) is 12.5. The molecule has 0 atom stereocenters. The van der Waals surface area contributed by atoms with Gasteiger partial charge in [-0.1, -0.05) is 57.9 Å². The summed E-state index contributed by atoms with van der Waals surface area (Å²) in [4.78, 5) is 0. The molecular formula is C20H29O2P. The second-order valence-electron chi connectivity index (χ2n) is 7.27. The molecule has 0 spiro atoms. The van der Waals surface area contributed by atoms with Crippen LogP contribution in [0.1, 0.15) is 69.6 Å². The van der Waals surface area contributed by atoms with Crippen molar-refractivity contribution in [3.8, 4) is 0 Å². The van der Waals surface area contributed by atoms with Crippen LogP contribution in [-0.4, -0.2) is 24.5 Å². The average Bonchev–Trinajstić information content (AvgIpc) is 3.31. The van der Waals surface area contributed by atoms with Crippen molar-refractivity contribution in [2.24, 2.45) is 0 Å². The molecule has 2 aliphatic carbocycles. The fourth-order valence-electron chi connectivity index (χ4n) is 4.65. The van der Waals surface area contributed by atoms with Gasteiger partial charge in [0.15, 0.2) is 6.29 Å². The van der Waals surface area contributed by atoms with E-state index in [1.165, 1.54) is 56.9 Å². The normalized spacial score (nSPS) is 24.7. The van der Waals surface area contributed by atoms with E-state index in [2.05, 4.69) is 24.3 Å². The molecule has 126 valence electrons. The molecule has 0 radical (unpaired) electrons. The summed E-state index contributed by atoms with van der Waals surface area (Å²) in [6, 6.07) is 9.07. The van der Waals surface area contributed by atoms with Crippen molar-refractivity contribution in [3.05, 3.63) is 29.8 Å². The maximum Gasteiger partial charge on any atom is 0.184 e. The zero-order valence-corrected chi connectivity index (χ0v) is 15.0. The van der Waals surface area contributed by atoms with E-state index < -0.39 is 0 Å². The van der Waals surface area contributed by atoms with Gasteiger partial charge in [-0.3, -0.25) is 0 Å². The molecule has 1 saturated heterocycles. The summed E-state index contributed by atoms with van der Waals surface area (Å²) in [6.45, 7) is 1.67. The molecule has 1 aromatic carbocycles. The Bertz CT molecular complexity index is 484. The largest absolute Gasteiger partial charge is 0.348 e. The number of hydrogen-bond donors (Lipinski definition) is 0. The third-order valence-electron chi connectivity index (χ3n) is 5.73. The summed E-state index contributed by atoms with van der Waals surface area (Å²) in [7, 11) is -0.0636. The molecule has 3 fully saturated rings. The minimum atomic E-state index is -0.118. The molecule has 23 heavy (non-hydrogen) atoms.